The highest BCUT2D eigenvalue weighted by Gasteiger charge is 2.55. The Kier molecular flexibility index (Phi) is 3.69. The van der Waals surface area contributed by atoms with Gasteiger partial charge in [-0.3, -0.25) is 9.78 Å². The van der Waals surface area contributed by atoms with Crippen LogP contribution in [0.25, 0.3) is 6.08 Å². The van der Waals surface area contributed by atoms with E-state index >= 15 is 0 Å². The van der Waals surface area contributed by atoms with Gasteiger partial charge < -0.3 is 19.8 Å². The summed E-state index contributed by atoms with van der Waals surface area (Å²) in [4.78, 5) is 31.2. The number of methoxy groups -OCH3 is 1. The number of carbonyl (C=O) groups excluding carboxylic acids is 1. The van der Waals surface area contributed by atoms with Gasteiger partial charge in [0.05, 0.1) is 12.7 Å². The Balaban J connectivity index is 2.02. The van der Waals surface area contributed by atoms with Crippen LogP contribution in [-0.2, 0) is 23.2 Å². The third kappa shape index (κ3) is 2.17. The first-order chi connectivity index (χ1) is 12.9. The average Bonchev–Trinajstić information content (AvgIpc) is 2.67. The van der Waals surface area contributed by atoms with Crippen LogP contribution >= 0.6 is 0 Å². The van der Waals surface area contributed by atoms with Gasteiger partial charge in [0.2, 0.25) is 0 Å². The fourth-order valence-electron chi connectivity index (χ4n) is 4.17. The molecule has 2 aliphatic heterocycles. The van der Waals surface area contributed by atoms with Crippen LogP contribution in [-0.4, -0.2) is 45.6 Å². The summed E-state index contributed by atoms with van der Waals surface area (Å²) < 4.78 is 5.15. The summed E-state index contributed by atoms with van der Waals surface area (Å²) in [6, 6.07) is 3.05. The SMILES string of the molecule is C=Cc1cncc2c1CC1(C(=O)O)c3cc(O)c(OC)cc3CCN1C2=O. The molecule has 3 heterocycles. The van der Waals surface area contributed by atoms with Gasteiger partial charge in [-0.05, 0) is 40.8 Å². The Morgan fingerprint density at radius 2 is 2.19 bits per heavy atom. The largest absolute Gasteiger partial charge is 0.504 e. The Morgan fingerprint density at radius 1 is 1.41 bits per heavy atom. The molecule has 1 unspecified atom stereocenters. The van der Waals surface area contributed by atoms with Gasteiger partial charge in [-0.25, -0.2) is 4.79 Å². The summed E-state index contributed by atoms with van der Waals surface area (Å²) in [5, 5.41) is 20.5. The third-order valence-corrected chi connectivity index (χ3v) is 5.49. The summed E-state index contributed by atoms with van der Waals surface area (Å²) in [5.74, 6) is -1.40. The Bertz CT molecular complexity index is 1000. The summed E-state index contributed by atoms with van der Waals surface area (Å²) >= 11 is 0. The van der Waals surface area contributed by atoms with E-state index in [1.165, 1.54) is 24.3 Å². The van der Waals surface area contributed by atoms with Gasteiger partial charge in [0.25, 0.3) is 5.91 Å². The summed E-state index contributed by atoms with van der Waals surface area (Å²) in [6.45, 7) is 4.00. The molecular weight excluding hydrogens is 348 g/mol. The van der Waals surface area contributed by atoms with E-state index in [0.717, 1.165) is 5.56 Å². The smallest absolute Gasteiger partial charge is 0.334 e. The number of phenols is 1. The lowest BCUT2D eigenvalue weighted by atomic mass is 9.72. The molecule has 2 N–H and O–H groups in total. The number of rotatable bonds is 3. The molecule has 0 spiro atoms. The maximum absolute atomic E-state index is 13.1. The third-order valence-electron chi connectivity index (χ3n) is 5.49. The lowest BCUT2D eigenvalue weighted by Crippen LogP contribution is -2.61. The number of carboxylic acid groups (broad SMARTS) is 1. The van der Waals surface area contributed by atoms with Crippen molar-refractivity contribution in [3.63, 3.8) is 0 Å². The highest BCUT2D eigenvalue weighted by atomic mass is 16.5. The first kappa shape index (κ1) is 17.1. The number of carbonyl (C=O) groups is 2. The zero-order chi connectivity index (χ0) is 19.3. The van der Waals surface area contributed by atoms with Gasteiger partial charge in [0.1, 0.15) is 0 Å². The van der Waals surface area contributed by atoms with Crippen molar-refractivity contribution in [2.45, 2.75) is 18.4 Å². The zero-order valence-corrected chi connectivity index (χ0v) is 14.7. The number of aromatic nitrogens is 1. The zero-order valence-electron chi connectivity index (χ0n) is 14.7. The normalized spacial score (nSPS) is 20.3. The van der Waals surface area contributed by atoms with E-state index in [4.69, 9.17) is 4.74 Å². The van der Waals surface area contributed by atoms with Crippen molar-refractivity contribution < 1.29 is 24.5 Å². The van der Waals surface area contributed by atoms with Gasteiger partial charge in [-0.1, -0.05) is 12.7 Å². The van der Waals surface area contributed by atoms with Crippen LogP contribution in [0.1, 0.15) is 32.6 Å². The molecule has 7 heteroatoms. The fourth-order valence-corrected chi connectivity index (χ4v) is 4.17. The van der Waals surface area contributed by atoms with Crippen LogP contribution in [0.2, 0.25) is 0 Å². The molecule has 0 saturated carbocycles. The predicted octanol–water partition coefficient (Wildman–Crippen LogP) is 1.97. The molecular formula is C20H18N2O5. The summed E-state index contributed by atoms with van der Waals surface area (Å²) in [5.41, 5.74) is 1.18. The lowest BCUT2D eigenvalue weighted by molar-refractivity contribution is -0.151. The van der Waals surface area contributed by atoms with E-state index in [1.807, 2.05) is 0 Å². The maximum atomic E-state index is 13.1. The minimum atomic E-state index is -1.60. The molecule has 138 valence electrons. The number of hydrogen-bond donors (Lipinski definition) is 2. The van der Waals surface area contributed by atoms with Crippen molar-refractivity contribution in [3.8, 4) is 11.5 Å². The van der Waals surface area contributed by atoms with E-state index in [1.54, 1.807) is 18.3 Å². The van der Waals surface area contributed by atoms with Crippen LogP contribution in [0, 0.1) is 0 Å². The van der Waals surface area contributed by atoms with Crippen molar-refractivity contribution in [1.82, 2.24) is 9.88 Å². The van der Waals surface area contributed by atoms with Crippen molar-refractivity contribution in [1.29, 1.82) is 0 Å². The molecule has 0 aliphatic carbocycles. The number of phenolic OH excluding ortho intramolecular Hbond substituents is 1. The molecule has 1 atom stereocenters. The van der Waals surface area contributed by atoms with Crippen LogP contribution in [0.15, 0.2) is 31.1 Å². The van der Waals surface area contributed by atoms with E-state index in [-0.39, 0.29) is 30.4 Å². The first-order valence-electron chi connectivity index (χ1n) is 8.49. The van der Waals surface area contributed by atoms with Gasteiger partial charge in [-0.2, -0.15) is 0 Å². The second-order valence-corrected chi connectivity index (χ2v) is 6.69. The maximum Gasteiger partial charge on any atom is 0.334 e. The molecule has 0 fully saturated rings. The predicted molar refractivity (Wildman–Crippen MR) is 96.7 cm³/mol. The molecule has 0 bridgehead atoms. The number of fused-ring (bicyclic) bond motifs is 4. The molecule has 4 rings (SSSR count). The van der Waals surface area contributed by atoms with Crippen LogP contribution in [0.5, 0.6) is 11.5 Å². The Labute approximate surface area is 155 Å². The van der Waals surface area contributed by atoms with Crippen molar-refractivity contribution >= 4 is 18.0 Å². The molecule has 0 saturated heterocycles. The van der Waals surface area contributed by atoms with Gasteiger partial charge >= 0.3 is 5.97 Å². The van der Waals surface area contributed by atoms with Crippen molar-refractivity contribution in [3.05, 3.63) is 58.9 Å². The van der Waals surface area contributed by atoms with E-state index in [0.29, 0.717) is 28.7 Å². The fraction of sp³-hybridized carbons (Fsp3) is 0.250. The molecule has 1 aromatic heterocycles. The molecule has 2 aromatic rings. The molecule has 27 heavy (non-hydrogen) atoms. The minimum absolute atomic E-state index is 0.0754. The van der Waals surface area contributed by atoms with Gasteiger partial charge in [0, 0.05) is 25.4 Å². The Hall–Kier alpha value is -3.35. The second kappa shape index (κ2) is 5.84. The molecule has 7 nitrogen and oxygen atoms in total. The lowest BCUT2D eigenvalue weighted by Gasteiger charge is -2.48. The monoisotopic (exact) mass is 366 g/mol. The number of benzene rings is 1. The number of pyridine rings is 1. The highest BCUT2D eigenvalue weighted by Crippen LogP contribution is 2.46. The first-order valence-corrected chi connectivity index (χ1v) is 8.49. The molecule has 2 aliphatic rings. The topological polar surface area (TPSA) is 100.0 Å². The standard InChI is InChI=1S/C20H18N2O5/c1-3-11-9-21-10-14-13(11)8-20(19(25)26)15-7-16(23)17(27-2)6-12(15)4-5-22(20)18(14)24/h3,6-7,9-10,23H,1,4-5,8H2,2H3,(H,25,26). The van der Waals surface area contributed by atoms with E-state index < -0.39 is 11.5 Å². The number of ether oxygens (including phenoxy) is 1. The van der Waals surface area contributed by atoms with Crippen LogP contribution in [0.4, 0.5) is 0 Å². The number of nitrogens with zero attached hydrogens (tertiary/aromatic N) is 2. The number of aromatic hydroxyl groups is 1. The highest BCUT2D eigenvalue weighted by molar-refractivity contribution is 6.02. The van der Waals surface area contributed by atoms with Crippen LogP contribution in [0.3, 0.4) is 0 Å². The number of amides is 1. The number of hydrogen-bond acceptors (Lipinski definition) is 5. The minimum Gasteiger partial charge on any atom is -0.504 e. The van der Waals surface area contributed by atoms with E-state index in [2.05, 4.69) is 11.6 Å². The number of aliphatic carboxylic acids is 1. The average molecular weight is 366 g/mol. The van der Waals surface area contributed by atoms with Crippen molar-refractivity contribution in [2.75, 3.05) is 13.7 Å². The van der Waals surface area contributed by atoms with E-state index in [9.17, 15) is 19.8 Å². The van der Waals surface area contributed by atoms with Gasteiger partial charge in [0.15, 0.2) is 17.0 Å². The summed E-state index contributed by atoms with van der Waals surface area (Å²) in [7, 11) is 1.44. The quantitative estimate of drug-likeness (QED) is 0.862. The Morgan fingerprint density at radius 3 is 2.85 bits per heavy atom. The molecule has 1 aromatic carbocycles. The molecule has 1 amide bonds. The van der Waals surface area contributed by atoms with Crippen LogP contribution < -0.4 is 4.74 Å². The van der Waals surface area contributed by atoms with Gasteiger partial charge in [-0.15, -0.1) is 0 Å². The second-order valence-electron chi connectivity index (χ2n) is 6.69. The number of carboxylic acids is 1. The van der Waals surface area contributed by atoms with Crippen molar-refractivity contribution in [2.24, 2.45) is 0 Å². The summed E-state index contributed by atoms with van der Waals surface area (Å²) in [6.07, 6.45) is 5.15. The molecule has 0 radical (unpaired) electrons.